The van der Waals surface area contributed by atoms with Crippen molar-refractivity contribution in [1.82, 2.24) is 20.2 Å². The number of aromatic nitrogens is 2. The molecule has 2 aliphatic heterocycles. The molecule has 10 nitrogen and oxygen atoms in total. The summed E-state index contributed by atoms with van der Waals surface area (Å²) in [6, 6.07) is 7.54. The molecule has 0 bridgehead atoms. The van der Waals surface area contributed by atoms with Crippen molar-refractivity contribution in [2.75, 3.05) is 65.5 Å². The lowest BCUT2D eigenvalue weighted by atomic mass is 9.99. The SMILES string of the molecule is CNCC(O)COc1cccc(-c2nc(N[C@H]3CCOC3)c(C)c(C(=O)N(C)CC3CCOCC3)n2)c1. The van der Waals surface area contributed by atoms with Gasteiger partial charge in [-0.15, -0.1) is 0 Å². The van der Waals surface area contributed by atoms with E-state index in [1.165, 1.54) is 0 Å². The van der Waals surface area contributed by atoms with Crippen LogP contribution in [0.4, 0.5) is 5.82 Å². The van der Waals surface area contributed by atoms with E-state index in [1.54, 1.807) is 11.9 Å². The maximum absolute atomic E-state index is 13.6. The molecular weight excluding hydrogens is 474 g/mol. The van der Waals surface area contributed by atoms with Gasteiger partial charge in [0.1, 0.15) is 30.0 Å². The normalized spacial score (nSPS) is 19.0. The van der Waals surface area contributed by atoms with Gasteiger partial charge in [0, 0.05) is 51.1 Å². The summed E-state index contributed by atoms with van der Waals surface area (Å²) in [7, 11) is 3.61. The van der Waals surface area contributed by atoms with E-state index in [9.17, 15) is 9.90 Å². The molecule has 1 amide bonds. The van der Waals surface area contributed by atoms with E-state index in [4.69, 9.17) is 24.2 Å². The van der Waals surface area contributed by atoms with Crippen LogP contribution in [-0.2, 0) is 9.47 Å². The number of hydrogen-bond acceptors (Lipinski definition) is 9. The maximum Gasteiger partial charge on any atom is 0.272 e. The minimum atomic E-state index is -0.621. The predicted octanol–water partition coefficient (Wildman–Crippen LogP) is 2.11. The van der Waals surface area contributed by atoms with Crippen LogP contribution in [0.2, 0.25) is 0 Å². The van der Waals surface area contributed by atoms with Crippen molar-refractivity contribution in [2.45, 2.75) is 38.3 Å². The number of carbonyl (C=O) groups excluding carboxylic acids is 1. The van der Waals surface area contributed by atoms with Gasteiger partial charge in [0.25, 0.3) is 5.91 Å². The third-order valence-electron chi connectivity index (χ3n) is 6.81. The maximum atomic E-state index is 13.6. The fourth-order valence-corrected chi connectivity index (χ4v) is 4.63. The number of aliphatic hydroxyl groups is 1. The van der Waals surface area contributed by atoms with E-state index in [2.05, 4.69) is 10.6 Å². The molecule has 2 aromatic rings. The molecule has 1 aromatic heterocycles. The molecule has 2 aliphatic rings. The smallest absolute Gasteiger partial charge is 0.272 e. The molecule has 3 heterocycles. The van der Waals surface area contributed by atoms with Crippen molar-refractivity contribution in [3.8, 4) is 17.1 Å². The standard InChI is InChI=1S/C27H39N5O5/c1-18-24(27(34)32(3)15-19-7-10-35-11-8-19)30-26(31-25(18)29-21-9-12-36-16-21)20-5-4-6-23(13-20)37-17-22(33)14-28-2/h4-6,13,19,21-22,28,33H,7-12,14-17H2,1-3H3,(H,29,30,31)/t21-,22?/m0/s1. The first-order valence-electron chi connectivity index (χ1n) is 13.1. The van der Waals surface area contributed by atoms with E-state index in [0.29, 0.717) is 55.3 Å². The van der Waals surface area contributed by atoms with Gasteiger partial charge in [-0.2, -0.15) is 0 Å². The second-order valence-electron chi connectivity index (χ2n) is 9.87. The van der Waals surface area contributed by atoms with Crippen LogP contribution >= 0.6 is 0 Å². The van der Waals surface area contributed by atoms with Gasteiger partial charge in [0.05, 0.1) is 12.6 Å². The van der Waals surface area contributed by atoms with Gasteiger partial charge in [-0.25, -0.2) is 9.97 Å². The van der Waals surface area contributed by atoms with Crippen molar-refractivity contribution in [2.24, 2.45) is 5.92 Å². The van der Waals surface area contributed by atoms with Crippen LogP contribution < -0.4 is 15.4 Å². The highest BCUT2D eigenvalue weighted by molar-refractivity contribution is 5.95. The molecule has 1 unspecified atom stereocenters. The van der Waals surface area contributed by atoms with Crippen LogP contribution in [0, 0.1) is 12.8 Å². The Morgan fingerprint density at radius 2 is 2.00 bits per heavy atom. The van der Waals surface area contributed by atoms with E-state index in [1.807, 2.05) is 38.2 Å². The average molecular weight is 514 g/mol. The Morgan fingerprint density at radius 1 is 1.22 bits per heavy atom. The van der Waals surface area contributed by atoms with Gasteiger partial charge in [0.2, 0.25) is 0 Å². The zero-order chi connectivity index (χ0) is 26.2. The molecule has 2 atom stereocenters. The van der Waals surface area contributed by atoms with E-state index >= 15 is 0 Å². The van der Waals surface area contributed by atoms with Crippen LogP contribution in [-0.4, -0.2) is 98.2 Å². The number of nitrogens with zero attached hydrogens (tertiary/aromatic N) is 3. The fourth-order valence-electron chi connectivity index (χ4n) is 4.63. The molecule has 10 heteroatoms. The minimum Gasteiger partial charge on any atom is -0.491 e. The van der Waals surface area contributed by atoms with Crippen molar-refractivity contribution in [3.05, 3.63) is 35.5 Å². The molecule has 4 rings (SSSR count). The van der Waals surface area contributed by atoms with Gasteiger partial charge < -0.3 is 34.9 Å². The second kappa shape index (κ2) is 13.1. The van der Waals surface area contributed by atoms with Gasteiger partial charge in [0.15, 0.2) is 5.82 Å². The van der Waals surface area contributed by atoms with Gasteiger partial charge in [-0.1, -0.05) is 12.1 Å². The molecule has 202 valence electrons. The zero-order valence-corrected chi connectivity index (χ0v) is 22.0. The monoisotopic (exact) mass is 513 g/mol. The highest BCUT2D eigenvalue weighted by Gasteiger charge is 2.26. The number of ether oxygens (including phenoxy) is 3. The summed E-state index contributed by atoms with van der Waals surface area (Å²) < 4.78 is 16.8. The van der Waals surface area contributed by atoms with E-state index in [-0.39, 0.29) is 18.6 Å². The summed E-state index contributed by atoms with van der Waals surface area (Å²) in [6.45, 7) is 5.94. The molecular formula is C27H39N5O5. The number of benzene rings is 1. The van der Waals surface area contributed by atoms with Crippen LogP contribution in [0.15, 0.2) is 24.3 Å². The number of hydrogen-bond donors (Lipinski definition) is 3. The topological polar surface area (TPSA) is 118 Å². The van der Waals surface area contributed by atoms with Gasteiger partial charge in [-0.05, 0) is 51.3 Å². The minimum absolute atomic E-state index is 0.124. The lowest BCUT2D eigenvalue weighted by Gasteiger charge is -2.27. The highest BCUT2D eigenvalue weighted by atomic mass is 16.5. The third kappa shape index (κ3) is 7.38. The van der Waals surface area contributed by atoms with Crippen molar-refractivity contribution < 1.29 is 24.1 Å². The molecule has 1 aromatic carbocycles. The van der Waals surface area contributed by atoms with Crippen LogP contribution in [0.25, 0.3) is 11.4 Å². The number of rotatable bonds is 11. The summed E-state index contributed by atoms with van der Waals surface area (Å²) in [5.41, 5.74) is 1.84. The fraction of sp³-hybridized carbons (Fsp3) is 0.593. The number of amides is 1. The van der Waals surface area contributed by atoms with Crippen LogP contribution in [0.3, 0.4) is 0 Å². The Hall–Kier alpha value is -2.79. The van der Waals surface area contributed by atoms with E-state index in [0.717, 1.165) is 43.6 Å². The molecule has 2 fully saturated rings. The Labute approximate surface area is 218 Å². The summed E-state index contributed by atoms with van der Waals surface area (Å²) in [6.07, 6.45) is 2.17. The number of carbonyl (C=O) groups is 1. The third-order valence-corrected chi connectivity index (χ3v) is 6.81. The number of nitrogens with one attached hydrogen (secondary N) is 2. The zero-order valence-electron chi connectivity index (χ0n) is 22.0. The first-order valence-corrected chi connectivity index (χ1v) is 13.1. The van der Waals surface area contributed by atoms with Crippen molar-refractivity contribution >= 4 is 11.7 Å². The first-order chi connectivity index (χ1) is 17.9. The molecule has 2 saturated heterocycles. The predicted molar refractivity (Wildman–Crippen MR) is 141 cm³/mol. The second-order valence-corrected chi connectivity index (χ2v) is 9.87. The molecule has 37 heavy (non-hydrogen) atoms. The molecule has 0 spiro atoms. The molecule has 3 N–H and O–H groups in total. The Balaban J connectivity index is 1.60. The summed E-state index contributed by atoms with van der Waals surface area (Å²) in [5.74, 6) is 1.97. The first kappa shape index (κ1) is 27.3. The van der Waals surface area contributed by atoms with Crippen LogP contribution in [0.1, 0.15) is 35.3 Å². The van der Waals surface area contributed by atoms with Crippen molar-refractivity contribution in [3.63, 3.8) is 0 Å². The van der Waals surface area contributed by atoms with Crippen molar-refractivity contribution in [1.29, 1.82) is 0 Å². The number of likely N-dealkylation sites (N-methyl/N-ethyl adjacent to an activating group) is 1. The Bertz CT molecular complexity index is 1040. The van der Waals surface area contributed by atoms with Crippen LogP contribution in [0.5, 0.6) is 5.75 Å². The quantitative estimate of drug-likeness (QED) is 0.415. The van der Waals surface area contributed by atoms with Gasteiger partial charge in [-0.3, -0.25) is 4.79 Å². The van der Waals surface area contributed by atoms with Gasteiger partial charge >= 0.3 is 0 Å². The molecule has 0 radical (unpaired) electrons. The lowest BCUT2D eigenvalue weighted by molar-refractivity contribution is 0.0495. The average Bonchev–Trinajstić information content (AvgIpc) is 3.42. The summed E-state index contributed by atoms with van der Waals surface area (Å²) in [5, 5.41) is 16.4. The Morgan fingerprint density at radius 3 is 2.73 bits per heavy atom. The summed E-state index contributed by atoms with van der Waals surface area (Å²) >= 11 is 0. The lowest BCUT2D eigenvalue weighted by Crippen LogP contribution is -2.35. The molecule has 0 aliphatic carbocycles. The Kier molecular flexibility index (Phi) is 9.68. The molecule has 0 saturated carbocycles. The number of anilines is 1. The highest BCUT2D eigenvalue weighted by Crippen LogP contribution is 2.27. The van der Waals surface area contributed by atoms with E-state index < -0.39 is 6.10 Å². The summed E-state index contributed by atoms with van der Waals surface area (Å²) in [4.78, 5) is 24.9. The largest absolute Gasteiger partial charge is 0.491 e. The number of aliphatic hydroxyl groups excluding tert-OH is 1.